The highest BCUT2D eigenvalue weighted by Gasteiger charge is 2.32. The minimum absolute atomic E-state index is 0.0477. The second-order valence-electron chi connectivity index (χ2n) is 18.1. The van der Waals surface area contributed by atoms with Crippen molar-refractivity contribution in [2.45, 2.75) is 64.3 Å². The predicted octanol–water partition coefficient (Wildman–Crippen LogP) is 7.93. The van der Waals surface area contributed by atoms with Crippen LogP contribution in [0, 0.1) is 12.8 Å². The molecule has 0 saturated heterocycles. The largest absolute Gasteiger partial charge is 0.386 e. The van der Waals surface area contributed by atoms with Gasteiger partial charge in [0.1, 0.15) is 90.6 Å². The summed E-state index contributed by atoms with van der Waals surface area (Å²) >= 11 is 7.56. The number of ether oxygens (including phenoxy) is 2. The molecule has 0 fully saturated rings. The number of methoxy groups -OCH3 is 1. The molecule has 0 unspecified atom stereocenters. The van der Waals surface area contributed by atoms with Crippen molar-refractivity contribution in [1.29, 1.82) is 0 Å². The van der Waals surface area contributed by atoms with Crippen LogP contribution < -0.4 is 26.6 Å². The zero-order valence-corrected chi connectivity index (χ0v) is 47.9. The Labute approximate surface area is 476 Å². The Morgan fingerprint density at radius 2 is 1.51 bits per heavy atom. The van der Waals surface area contributed by atoms with Crippen molar-refractivity contribution in [3.63, 3.8) is 0 Å². The summed E-state index contributed by atoms with van der Waals surface area (Å²) in [6.07, 6.45) is -1.33. The number of aryl methyl sites for hydroxylation is 1. The molecule has 0 aliphatic carbocycles. The van der Waals surface area contributed by atoms with Crippen LogP contribution in [0.4, 0.5) is 5.82 Å². The number of nitrogens with zero attached hydrogens (tertiary/aromatic N) is 7. The molecular weight excluding hydrogens is 1130 g/mol. The van der Waals surface area contributed by atoms with Gasteiger partial charge in [0.2, 0.25) is 11.8 Å². The second kappa shape index (κ2) is 25.5. The number of aliphatic hydroxyl groups is 2. The molecule has 0 saturated carbocycles. The number of benzene rings is 1. The number of Topliss-reactive ketones (excluding diaryl/α,β-unsaturated/α-hetero) is 1. The summed E-state index contributed by atoms with van der Waals surface area (Å²) < 4.78 is 10.4. The van der Waals surface area contributed by atoms with Gasteiger partial charge in [0.25, 0.3) is 11.8 Å². The summed E-state index contributed by atoms with van der Waals surface area (Å²) in [6, 6.07) is 10.6. The number of aromatic nitrogens is 7. The quantitative estimate of drug-likeness (QED) is 0.0571. The van der Waals surface area contributed by atoms with Gasteiger partial charge in [0.05, 0.1) is 46.9 Å². The van der Waals surface area contributed by atoms with Crippen LogP contribution in [0.5, 0.6) is 0 Å². The van der Waals surface area contributed by atoms with Gasteiger partial charge in [0, 0.05) is 58.5 Å². The van der Waals surface area contributed by atoms with E-state index in [4.69, 9.17) is 44.5 Å². The molecule has 9 rings (SSSR count). The first-order valence-corrected chi connectivity index (χ1v) is 29.5. The molecule has 79 heavy (non-hydrogen) atoms. The first-order chi connectivity index (χ1) is 38.1. The zero-order valence-electron chi connectivity index (χ0n) is 43.0. The second-order valence-corrected chi connectivity index (χ2v) is 23.9. The summed E-state index contributed by atoms with van der Waals surface area (Å²) in [4.78, 5) is 103. The van der Waals surface area contributed by atoms with Crippen LogP contribution in [0.3, 0.4) is 0 Å². The lowest BCUT2D eigenvalue weighted by atomic mass is 9.90. The van der Waals surface area contributed by atoms with Crippen molar-refractivity contribution in [3.05, 3.63) is 118 Å². The Bertz CT molecular complexity index is 3530. The number of anilines is 1. The third kappa shape index (κ3) is 13.2. The number of carbonyl (C=O) groups is 5. The molecule has 8 heterocycles. The van der Waals surface area contributed by atoms with E-state index >= 15 is 0 Å². The first-order valence-electron chi connectivity index (χ1n) is 24.4. The maximum Gasteiger partial charge on any atom is 0.271 e. The smallest absolute Gasteiger partial charge is 0.271 e. The van der Waals surface area contributed by atoms with Gasteiger partial charge >= 0.3 is 0 Å². The highest BCUT2D eigenvalue weighted by atomic mass is 32.1. The van der Waals surface area contributed by atoms with E-state index in [9.17, 15) is 29.1 Å². The first kappa shape index (κ1) is 56.8. The van der Waals surface area contributed by atoms with Gasteiger partial charge in [-0.3, -0.25) is 24.0 Å². The van der Waals surface area contributed by atoms with E-state index in [-0.39, 0.29) is 73.3 Å². The van der Waals surface area contributed by atoms with Gasteiger partial charge in [0.15, 0.2) is 5.78 Å². The molecule has 0 spiro atoms. The van der Waals surface area contributed by atoms with Gasteiger partial charge in [-0.2, -0.15) is 0 Å². The van der Waals surface area contributed by atoms with E-state index in [1.807, 2.05) is 19.9 Å². The summed E-state index contributed by atoms with van der Waals surface area (Å²) in [5.74, 6) is -2.32. The van der Waals surface area contributed by atoms with Crippen LogP contribution in [0.15, 0.2) is 70.6 Å². The molecule has 10 bridgehead atoms. The maximum absolute atomic E-state index is 14.4. The monoisotopic (exact) mass is 1180 g/mol. The minimum atomic E-state index is -1.20. The van der Waals surface area contributed by atoms with Crippen molar-refractivity contribution >= 4 is 109 Å². The van der Waals surface area contributed by atoms with E-state index in [1.165, 1.54) is 75.1 Å². The van der Waals surface area contributed by atoms with Crippen molar-refractivity contribution in [3.8, 4) is 43.4 Å². The molecule has 4 amide bonds. The van der Waals surface area contributed by atoms with E-state index in [0.29, 0.717) is 80.2 Å². The lowest BCUT2D eigenvalue weighted by molar-refractivity contribution is -0.124. The average molecular weight is 1180 g/mol. The molecule has 0 radical (unpaired) electrons. The maximum atomic E-state index is 14.4. The standard InChI is InChI=1S/C52H52N12O9S6/c1-24(2)29-14-35(66)42-26(4)78-51(64-42)31(15-38(67)53-5)56-46(71)33-20-74-47(58-33)28-12-13-30(49-61-37(22-77-49)60-40(69)18-73-23-65)55-43(28)32-19-75-50(57-32)34-21-76-52(59-34)44(45(70)27-10-8-7-9-11-27)62-39(68)16-54-25(3)41-36(17-72-6)79-48(29)63-41/h7-13,19-22,24,29,31,44-45,54,65,70H,3,14-18,23H2,1-2,4-6H3,(H,53,67)(H,56,71)(H,60,69)(H,62,68)/t29-,31+,44+,45+/m1/s1. The van der Waals surface area contributed by atoms with Crippen LogP contribution in [-0.2, 0) is 30.5 Å². The highest BCUT2D eigenvalue weighted by Crippen LogP contribution is 2.41. The highest BCUT2D eigenvalue weighted by molar-refractivity contribution is 7.15. The molecule has 7 aromatic heterocycles. The van der Waals surface area contributed by atoms with Crippen LogP contribution in [0.25, 0.3) is 49.1 Å². The number of aliphatic hydroxyl groups excluding tert-OH is 2. The fourth-order valence-electron chi connectivity index (χ4n) is 8.30. The number of thiazole rings is 6. The molecule has 27 heteroatoms. The van der Waals surface area contributed by atoms with Crippen molar-refractivity contribution in [2.75, 3.05) is 39.4 Å². The lowest BCUT2D eigenvalue weighted by Crippen LogP contribution is -2.38. The van der Waals surface area contributed by atoms with Crippen LogP contribution in [0.2, 0.25) is 0 Å². The molecule has 8 aromatic rings. The third-order valence-corrected chi connectivity index (χ3v) is 18.1. The summed E-state index contributed by atoms with van der Waals surface area (Å²) in [5.41, 5.74) is 3.90. The minimum Gasteiger partial charge on any atom is -0.386 e. The van der Waals surface area contributed by atoms with Gasteiger partial charge in [-0.15, -0.1) is 68.0 Å². The van der Waals surface area contributed by atoms with E-state index in [0.717, 1.165) is 4.88 Å². The Kier molecular flexibility index (Phi) is 18.3. The summed E-state index contributed by atoms with van der Waals surface area (Å²) in [5, 5.41) is 44.9. The van der Waals surface area contributed by atoms with Gasteiger partial charge in [-0.25, -0.2) is 34.9 Å². The van der Waals surface area contributed by atoms with E-state index in [1.54, 1.807) is 72.0 Å². The van der Waals surface area contributed by atoms with Gasteiger partial charge in [-0.1, -0.05) is 50.8 Å². The molecule has 1 aliphatic rings. The predicted molar refractivity (Wildman–Crippen MR) is 305 cm³/mol. The van der Waals surface area contributed by atoms with Gasteiger partial charge in [-0.05, 0) is 30.5 Å². The number of fused-ring (bicyclic) bond motifs is 14. The van der Waals surface area contributed by atoms with Crippen LogP contribution in [-0.4, -0.2) is 109 Å². The summed E-state index contributed by atoms with van der Waals surface area (Å²) in [6.45, 7) is 8.99. The van der Waals surface area contributed by atoms with Crippen molar-refractivity contribution in [2.24, 2.45) is 5.92 Å². The lowest BCUT2D eigenvalue weighted by Gasteiger charge is -2.23. The molecule has 4 atom stereocenters. The molecule has 1 aromatic carbocycles. The Morgan fingerprint density at radius 3 is 2.27 bits per heavy atom. The molecular formula is C52H52N12O9S6. The summed E-state index contributed by atoms with van der Waals surface area (Å²) in [7, 11) is 3.06. The topological polar surface area (TPSA) is 295 Å². The van der Waals surface area contributed by atoms with Crippen LogP contribution in [0.1, 0.15) is 108 Å². The normalized spacial score (nSPS) is 16.7. The van der Waals surface area contributed by atoms with E-state index < -0.39 is 42.7 Å². The van der Waals surface area contributed by atoms with Crippen molar-refractivity contribution in [1.82, 2.24) is 56.2 Å². The van der Waals surface area contributed by atoms with Crippen LogP contribution >= 0.6 is 68.0 Å². The molecule has 7 N–H and O–H groups in total. The van der Waals surface area contributed by atoms with E-state index in [2.05, 4.69) is 38.1 Å². The number of hydrogen-bond donors (Lipinski definition) is 7. The van der Waals surface area contributed by atoms with Crippen molar-refractivity contribution < 1.29 is 43.7 Å². The fraction of sp³-hybridized carbons (Fsp3) is 0.308. The molecule has 1 aliphatic heterocycles. The number of amides is 4. The molecule has 21 nitrogen and oxygen atoms in total. The Balaban J connectivity index is 1.13. The molecule has 410 valence electrons. The van der Waals surface area contributed by atoms with Gasteiger partial charge < -0.3 is 46.3 Å². The number of hydrogen-bond acceptors (Lipinski definition) is 23. The third-order valence-electron chi connectivity index (χ3n) is 12.3. The number of pyridine rings is 1. The Hall–Kier alpha value is -6.92. The number of rotatable bonds is 12. The average Bonchev–Trinajstić information content (AvgIpc) is 4.51. The Morgan fingerprint density at radius 1 is 0.785 bits per heavy atom. The number of nitrogens with one attached hydrogen (secondary N) is 5. The fourth-order valence-corrected chi connectivity index (χ4v) is 13.9. The number of carbonyl (C=O) groups excluding carboxylic acids is 5. The SMILES string of the molecule is C=C1NCC(=O)N[C@@H]([C@@H](O)c2ccccc2)c2nc(cs2)-c2nc(cs2)-c2nc(-c3nc(NC(=O)COCO)cs3)ccc2-c2nc(cs2)C(=O)N[C@@H](CC(=O)NC)c2nc(c(C)s2)C(=O)C[C@H](C(C)C)c2nc1c(COC)s2. The zero-order chi connectivity index (χ0) is 55.9. The number of ketones is 1.